The molecule has 0 saturated carbocycles. The fourth-order valence-corrected chi connectivity index (χ4v) is 2.21. The molecule has 6 heteroatoms. The van der Waals surface area contributed by atoms with Gasteiger partial charge in [-0.25, -0.2) is 8.78 Å². The van der Waals surface area contributed by atoms with Crippen molar-refractivity contribution in [2.24, 2.45) is 0 Å². The number of anilines is 2. The predicted octanol–water partition coefficient (Wildman–Crippen LogP) is 1.97. The number of nitrogens with zero attached hydrogens (tertiary/aromatic N) is 1. The van der Waals surface area contributed by atoms with Gasteiger partial charge in [-0.15, -0.1) is 0 Å². The van der Waals surface area contributed by atoms with E-state index in [1.54, 1.807) is 11.8 Å². The Hall–Kier alpha value is -1.85. The van der Waals surface area contributed by atoms with Gasteiger partial charge in [-0.1, -0.05) is 0 Å². The van der Waals surface area contributed by atoms with Crippen LogP contribution in [-0.2, 0) is 4.79 Å². The van der Waals surface area contributed by atoms with Gasteiger partial charge in [0.15, 0.2) is 5.82 Å². The number of halogens is 2. The molecule has 1 atom stereocenters. The minimum atomic E-state index is -0.830. The number of benzene rings is 1. The van der Waals surface area contributed by atoms with E-state index in [0.717, 1.165) is 32.0 Å². The van der Waals surface area contributed by atoms with Crippen molar-refractivity contribution in [1.82, 2.24) is 4.90 Å². The van der Waals surface area contributed by atoms with E-state index >= 15 is 0 Å². The van der Waals surface area contributed by atoms with Crippen LogP contribution in [0.1, 0.15) is 19.8 Å². The van der Waals surface area contributed by atoms with Crippen LogP contribution in [0.15, 0.2) is 12.1 Å². The highest BCUT2D eigenvalue weighted by atomic mass is 19.1. The molecule has 0 radical (unpaired) electrons. The molecule has 1 unspecified atom stereocenters. The van der Waals surface area contributed by atoms with Crippen LogP contribution >= 0.6 is 0 Å². The van der Waals surface area contributed by atoms with Gasteiger partial charge in [-0.05, 0) is 25.8 Å². The van der Waals surface area contributed by atoms with Gasteiger partial charge in [0, 0.05) is 19.2 Å². The zero-order valence-corrected chi connectivity index (χ0v) is 10.7. The Morgan fingerprint density at radius 3 is 2.63 bits per heavy atom. The lowest BCUT2D eigenvalue weighted by Crippen LogP contribution is -2.39. The Kier molecular flexibility index (Phi) is 3.87. The Bertz CT molecular complexity index is 487. The van der Waals surface area contributed by atoms with Crippen molar-refractivity contribution in [3.8, 4) is 0 Å². The number of hydrogen-bond donors (Lipinski definition) is 2. The fraction of sp³-hybridized carbons (Fsp3) is 0.462. The maximum Gasteiger partial charge on any atom is 0.244 e. The molecular weight excluding hydrogens is 252 g/mol. The van der Waals surface area contributed by atoms with Crippen LogP contribution in [0.4, 0.5) is 20.2 Å². The van der Waals surface area contributed by atoms with Crippen LogP contribution in [0.25, 0.3) is 0 Å². The van der Waals surface area contributed by atoms with Crippen LogP contribution < -0.4 is 11.1 Å². The molecule has 1 fully saturated rings. The average Bonchev–Trinajstić information content (AvgIpc) is 2.88. The Morgan fingerprint density at radius 1 is 1.37 bits per heavy atom. The zero-order chi connectivity index (χ0) is 14.0. The highest BCUT2D eigenvalue weighted by molar-refractivity contribution is 5.85. The van der Waals surface area contributed by atoms with Gasteiger partial charge in [-0.2, -0.15) is 0 Å². The van der Waals surface area contributed by atoms with Crippen molar-refractivity contribution in [3.05, 3.63) is 23.8 Å². The van der Waals surface area contributed by atoms with Gasteiger partial charge in [0.05, 0.1) is 11.4 Å². The smallest absolute Gasteiger partial charge is 0.244 e. The van der Waals surface area contributed by atoms with Gasteiger partial charge >= 0.3 is 0 Å². The molecule has 0 aromatic heterocycles. The molecule has 0 aliphatic carbocycles. The quantitative estimate of drug-likeness (QED) is 0.825. The number of nitrogens with one attached hydrogen (secondary N) is 1. The number of nitrogen functional groups attached to an aromatic ring is 1. The van der Waals surface area contributed by atoms with E-state index in [1.165, 1.54) is 0 Å². The van der Waals surface area contributed by atoms with Crippen molar-refractivity contribution in [3.63, 3.8) is 0 Å². The summed E-state index contributed by atoms with van der Waals surface area (Å²) in [6, 6.07) is 1.24. The molecule has 0 bridgehead atoms. The molecular formula is C13H17F2N3O. The Morgan fingerprint density at radius 2 is 2.00 bits per heavy atom. The highest BCUT2D eigenvalue weighted by Crippen LogP contribution is 2.24. The number of carbonyl (C=O) groups is 1. The van der Waals surface area contributed by atoms with Crippen LogP contribution in [-0.4, -0.2) is 29.9 Å². The Labute approximate surface area is 110 Å². The van der Waals surface area contributed by atoms with Crippen molar-refractivity contribution in [1.29, 1.82) is 0 Å². The monoisotopic (exact) mass is 269 g/mol. The van der Waals surface area contributed by atoms with E-state index in [-0.39, 0.29) is 17.3 Å². The lowest BCUT2D eigenvalue weighted by Gasteiger charge is -2.22. The number of hydrogen-bond acceptors (Lipinski definition) is 3. The summed E-state index contributed by atoms with van der Waals surface area (Å²) in [6.07, 6.45) is 1.99. The number of rotatable bonds is 3. The maximum atomic E-state index is 13.3. The van der Waals surface area contributed by atoms with Gasteiger partial charge < -0.3 is 16.0 Å². The van der Waals surface area contributed by atoms with Crippen LogP contribution in [0.2, 0.25) is 0 Å². The first kappa shape index (κ1) is 13.6. The van der Waals surface area contributed by atoms with E-state index in [9.17, 15) is 13.6 Å². The van der Waals surface area contributed by atoms with Crippen molar-refractivity contribution in [2.45, 2.75) is 25.8 Å². The molecule has 1 aromatic rings. The van der Waals surface area contributed by atoms with E-state index in [0.29, 0.717) is 6.07 Å². The number of carbonyl (C=O) groups excluding carboxylic acids is 1. The summed E-state index contributed by atoms with van der Waals surface area (Å²) in [6.45, 7) is 3.12. The molecule has 1 saturated heterocycles. The molecule has 0 spiro atoms. The van der Waals surface area contributed by atoms with Crippen LogP contribution in [0, 0.1) is 11.6 Å². The molecule has 19 heavy (non-hydrogen) atoms. The van der Waals surface area contributed by atoms with Gasteiger partial charge in [0.2, 0.25) is 5.91 Å². The minimum absolute atomic E-state index is 0.0819. The number of nitrogens with two attached hydrogens (primary N) is 1. The predicted molar refractivity (Wildman–Crippen MR) is 69.7 cm³/mol. The highest BCUT2D eigenvalue weighted by Gasteiger charge is 2.23. The fourth-order valence-electron chi connectivity index (χ4n) is 2.21. The number of likely N-dealkylation sites (tertiary alicyclic amines) is 1. The van der Waals surface area contributed by atoms with E-state index in [2.05, 4.69) is 5.32 Å². The first-order valence-electron chi connectivity index (χ1n) is 6.29. The lowest BCUT2D eigenvalue weighted by atomic mass is 10.2. The Balaban J connectivity index is 2.10. The molecule has 1 aliphatic heterocycles. The summed E-state index contributed by atoms with van der Waals surface area (Å²) < 4.78 is 26.4. The van der Waals surface area contributed by atoms with Crippen molar-refractivity contribution < 1.29 is 13.6 Å². The summed E-state index contributed by atoms with van der Waals surface area (Å²) in [5, 5.41) is 2.77. The topological polar surface area (TPSA) is 58.4 Å². The third-order valence-electron chi connectivity index (χ3n) is 3.25. The van der Waals surface area contributed by atoms with Gasteiger partial charge in [0.1, 0.15) is 11.9 Å². The standard InChI is InChI=1S/C13H17F2N3O/c1-8(13(19)18-4-2-3-5-18)17-11-7-9(14)6-10(15)12(11)16/h6-8,17H,2-5,16H2,1H3. The lowest BCUT2D eigenvalue weighted by molar-refractivity contribution is -0.130. The molecule has 4 nitrogen and oxygen atoms in total. The van der Waals surface area contributed by atoms with E-state index in [4.69, 9.17) is 5.73 Å². The largest absolute Gasteiger partial charge is 0.395 e. The van der Waals surface area contributed by atoms with Crippen LogP contribution in [0.5, 0.6) is 0 Å². The maximum absolute atomic E-state index is 13.3. The zero-order valence-electron chi connectivity index (χ0n) is 10.7. The summed E-state index contributed by atoms with van der Waals surface area (Å²) in [5.74, 6) is -1.64. The second-order valence-electron chi connectivity index (χ2n) is 4.75. The summed E-state index contributed by atoms with van der Waals surface area (Å²) in [7, 11) is 0. The van der Waals surface area contributed by atoms with Crippen molar-refractivity contribution >= 4 is 17.3 Å². The molecule has 1 aromatic carbocycles. The van der Waals surface area contributed by atoms with E-state index < -0.39 is 17.7 Å². The molecule has 3 N–H and O–H groups in total. The minimum Gasteiger partial charge on any atom is -0.395 e. The third kappa shape index (κ3) is 2.94. The summed E-state index contributed by atoms with van der Waals surface area (Å²) in [5.41, 5.74) is 5.45. The molecule has 1 amide bonds. The molecule has 104 valence electrons. The molecule has 1 heterocycles. The second kappa shape index (κ2) is 5.42. The van der Waals surface area contributed by atoms with Gasteiger partial charge in [0.25, 0.3) is 0 Å². The molecule has 2 rings (SSSR count). The first-order chi connectivity index (χ1) is 8.99. The average molecular weight is 269 g/mol. The first-order valence-corrected chi connectivity index (χ1v) is 6.29. The number of amides is 1. The van der Waals surface area contributed by atoms with Crippen LogP contribution in [0.3, 0.4) is 0 Å². The van der Waals surface area contributed by atoms with Gasteiger partial charge in [-0.3, -0.25) is 4.79 Å². The second-order valence-corrected chi connectivity index (χ2v) is 4.75. The summed E-state index contributed by atoms with van der Waals surface area (Å²) in [4.78, 5) is 13.8. The normalized spacial score (nSPS) is 16.5. The third-order valence-corrected chi connectivity index (χ3v) is 3.25. The summed E-state index contributed by atoms with van der Waals surface area (Å²) >= 11 is 0. The van der Waals surface area contributed by atoms with E-state index in [1.807, 2.05) is 0 Å². The van der Waals surface area contributed by atoms with Crippen molar-refractivity contribution in [2.75, 3.05) is 24.1 Å². The molecule has 1 aliphatic rings. The SMILES string of the molecule is CC(Nc1cc(F)cc(F)c1N)C(=O)N1CCCC1.